The van der Waals surface area contributed by atoms with Crippen LogP contribution in [-0.2, 0) is 0 Å². The van der Waals surface area contributed by atoms with E-state index in [9.17, 15) is 5.11 Å². The number of hydrogen-bond donors (Lipinski definition) is 2. The Labute approximate surface area is 177 Å². The molecule has 4 nitrogen and oxygen atoms in total. The molecule has 0 bridgehead atoms. The Morgan fingerprint density at radius 2 is 1.79 bits per heavy atom. The average molecular weight is 428 g/mol. The highest BCUT2D eigenvalue weighted by molar-refractivity contribution is 6.42. The summed E-state index contributed by atoms with van der Waals surface area (Å²) >= 11 is 12.0. The average Bonchev–Trinajstić information content (AvgIpc) is 2.73. The number of phenolic OH excluding ortho intramolecular Hbond substituents is 1. The zero-order valence-corrected chi connectivity index (χ0v) is 16.8. The molecule has 0 aliphatic rings. The quantitative estimate of drug-likeness (QED) is 0.375. The molecule has 0 aliphatic heterocycles. The second-order valence-electron chi connectivity index (χ2n) is 6.64. The molecule has 2 N–H and O–H groups in total. The number of aromatic nitrogens is 2. The van der Waals surface area contributed by atoms with Gasteiger partial charge in [-0.1, -0.05) is 53.5 Å². The maximum atomic E-state index is 15.0. The molecule has 146 valence electrons. The van der Waals surface area contributed by atoms with Crippen molar-refractivity contribution in [1.29, 1.82) is 0 Å². The molecule has 0 saturated heterocycles. The van der Waals surface area contributed by atoms with Crippen LogP contribution in [0, 0.1) is 12.7 Å². The summed E-state index contributed by atoms with van der Waals surface area (Å²) in [5.41, 5.74) is 2.09. The van der Waals surface area contributed by atoms with E-state index in [4.69, 9.17) is 23.2 Å². The van der Waals surface area contributed by atoms with Gasteiger partial charge in [0.05, 0.1) is 16.1 Å². The smallest absolute Gasteiger partial charge is 0.148 e. The first-order valence-electron chi connectivity index (χ1n) is 8.85. The highest BCUT2D eigenvalue weighted by Crippen LogP contribution is 2.39. The van der Waals surface area contributed by atoms with Gasteiger partial charge in [-0.05, 0) is 30.7 Å². The number of rotatable bonds is 4. The van der Waals surface area contributed by atoms with E-state index in [0.717, 1.165) is 10.9 Å². The van der Waals surface area contributed by atoms with E-state index in [2.05, 4.69) is 15.3 Å². The Morgan fingerprint density at radius 1 is 1.00 bits per heavy atom. The molecule has 2 aromatic carbocycles. The molecule has 2 heterocycles. The van der Waals surface area contributed by atoms with E-state index in [1.165, 1.54) is 12.1 Å². The topological polar surface area (TPSA) is 58.0 Å². The second kappa shape index (κ2) is 7.85. The van der Waals surface area contributed by atoms with Gasteiger partial charge in [-0.2, -0.15) is 0 Å². The van der Waals surface area contributed by atoms with Gasteiger partial charge in [0.2, 0.25) is 0 Å². The van der Waals surface area contributed by atoms with E-state index in [1.54, 1.807) is 30.6 Å². The van der Waals surface area contributed by atoms with Crippen molar-refractivity contribution in [2.75, 3.05) is 5.32 Å². The Balaban J connectivity index is 1.90. The van der Waals surface area contributed by atoms with Gasteiger partial charge in [-0.25, -0.2) is 9.37 Å². The molecule has 0 radical (unpaired) electrons. The van der Waals surface area contributed by atoms with Crippen LogP contribution in [-0.4, -0.2) is 15.1 Å². The minimum atomic E-state index is -0.772. The van der Waals surface area contributed by atoms with E-state index in [0.29, 0.717) is 16.9 Å². The summed E-state index contributed by atoms with van der Waals surface area (Å²) in [5, 5.41) is 14.8. The number of phenols is 1. The summed E-state index contributed by atoms with van der Waals surface area (Å²) in [4.78, 5) is 8.60. The minimum Gasteiger partial charge on any atom is -0.505 e. The zero-order chi connectivity index (χ0) is 20.5. The highest BCUT2D eigenvalue weighted by atomic mass is 35.5. The normalized spacial score (nSPS) is 12.1. The monoisotopic (exact) mass is 427 g/mol. The molecular formula is C22H16Cl2FN3O. The van der Waals surface area contributed by atoms with Gasteiger partial charge in [0, 0.05) is 28.9 Å². The van der Waals surface area contributed by atoms with Crippen molar-refractivity contribution in [3.8, 4) is 5.75 Å². The number of nitrogens with zero attached hydrogens (tertiary/aromatic N) is 2. The van der Waals surface area contributed by atoms with Crippen LogP contribution in [0.25, 0.3) is 10.9 Å². The van der Waals surface area contributed by atoms with Crippen molar-refractivity contribution in [1.82, 2.24) is 9.97 Å². The van der Waals surface area contributed by atoms with Gasteiger partial charge >= 0.3 is 0 Å². The van der Waals surface area contributed by atoms with Crippen LogP contribution in [0.4, 0.5) is 10.2 Å². The summed E-state index contributed by atoms with van der Waals surface area (Å²) in [6.45, 7) is 1.92. The van der Waals surface area contributed by atoms with Crippen LogP contribution < -0.4 is 5.32 Å². The van der Waals surface area contributed by atoms with Gasteiger partial charge in [0.15, 0.2) is 0 Å². The number of halogens is 3. The Bertz CT molecular complexity index is 1200. The van der Waals surface area contributed by atoms with Crippen molar-refractivity contribution in [2.24, 2.45) is 0 Å². The summed E-state index contributed by atoms with van der Waals surface area (Å²) in [6.07, 6.45) is 3.29. The third-order valence-corrected chi connectivity index (χ3v) is 5.45. The second-order valence-corrected chi connectivity index (χ2v) is 7.43. The summed E-state index contributed by atoms with van der Waals surface area (Å²) in [6, 6.07) is 13.1. The first kappa shape index (κ1) is 19.4. The number of fused-ring (bicyclic) bond motifs is 1. The van der Waals surface area contributed by atoms with Gasteiger partial charge < -0.3 is 10.4 Å². The van der Waals surface area contributed by atoms with Crippen LogP contribution >= 0.6 is 23.2 Å². The molecule has 0 amide bonds. The predicted octanol–water partition coefficient (Wildman–Crippen LogP) is 6.29. The van der Waals surface area contributed by atoms with Gasteiger partial charge in [-0.15, -0.1) is 0 Å². The van der Waals surface area contributed by atoms with E-state index >= 15 is 4.39 Å². The van der Waals surface area contributed by atoms with Gasteiger partial charge in [0.25, 0.3) is 0 Å². The van der Waals surface area contributed by atoms with Crippen molar-refractivity contribution in [2.45, 2.75) is 13.0 Å². The molecule has 4 rings (SSSR count). The molecule has 0 aliphatic carbocycles. The minimum absolute atomic E-state index is 0.0433. The molecule has 7 heteroatoms. The van der Waals surface area contributed by atoms with E-state index in [-0.39, 0.29) is 21.4 Å². The lowest BCUT2D eigenvalue weighted by Gasteiger charge is -2.23. The van der Waals surface area contributed by atoms with Crippen molar-refractivity contribution in [3.63, 3.8) is 0 Å². The Kier molecular flexibility index (Phi) is 5.26. The highest BCUT2D eigenvalue weighted by Gasteiger charge is 2.25. The number of aryl methyl sites for hydroxylation is 1. The molecule has 4 aromatic rings. The van der Waals surface area contributed by atoms with Crippen LogP contribution in [0.1, 0.15) is 22.7 Å². The first-order chi connectivity index (χ1) is 14.0. The number of hydrogen-bond acceptors (Lipinski definition) is 4. The number of pyridine rings is 2. The summed E-state index contributed by atoms with van der Waals surface area (Å²) in [5.74, 6) is -0.186. The molecular weight excluding hydrogens is 412 g/mol. The largest absolute Gasteiger partial charge is 0.505 e. The SMILES string of the molecule is Cc1ccc(NC(c2ccc(Cl)c(Cl)c2F)c2ccc3cccnc3c2O)nc1. The maximum absolute atomic E-state index is 15.0. The fraction of sp³-hybridized carbons (Fsp3) is 0.0909. The number of nitrogens with one attached hydrogen (secondary N) is 1. The lowest BCUT2D eigenvalue weighted by molar-refractivity contribution is 0.471. The van der Waals surface area contributed by atoms with Gasteiger partial charge in [0.1, 0.15) is 22.9 Å². The Hall–Kier alpha value is -2.89. The zero-order valence-electron chi connectivity index (χ0n) is 15.3. The molecule has 1 atom stereocenters. The third-order valence-electron chi connectivity index (χ3n) is 4.67. The number of benzene rings is 2. The molecule has 1 unspecified atom stereocenters. The molecule has 0 spiro atoms. The van der Waals surface area contributed by atoms with Crippen LogP contribution in [0.15, 0.2) is 60.9 Å². The van der Waals surface area contributed by atoms with E-state index in [1.807, 2.05) is 25.1 Å². The fourth-order valence-electron chi connectivity index (χ4n) is 3.17. The Morgan fingerprint density at radius 3 is 2.55 bits per heavy atom. The summed E-state index contributed by atoms with van der Waals surface area (Å²) < 4.78 is 15.0. The van der Waals surface area contributed by atoms with Crippen LogP contribution in [0.2, 0.25) is 10.0 Å². The first-order valence-corrected chi connectivity index (χ1v) is 9.60. The lowest BCUT2D eigenvalue weighted by Crippen LogP contribution is -2.15. The predicted molar refractivity (Wildman–Crippen MR) is 114 cm³/mol. The number of anilines is 1. The third kappa shape index (κ3) is 3.71. The van der Waals surface area contributed by atoms with Crippen molar-refractivity contribution >= 4 is 39.9 Å². The van der Waals surface area contributed by atoms with Crippen molar-refractivity contribution in [3.05, 3.63) is 93.5 Å². The molecule has 0 saturated carbocycles. The maximum Gasteiger partial charge on any atom is 0.148 e. The summed E-state index contributed by atoms with van der Waals surface area (Å²) in [7, 11) is 0. The molecule has 0 fully saturated rings. The lowest BCUT2D eigenvalue weighted by atomic mass is 9.95. The standard InChI is InChI=1S/C22H16Cl2FN3O/c1-12-4-9-17(27-11-12)28-21(14-7-8-16(23)18(24)19(14)25)15-6-5-13-3-2-10-26-20(13)22(15)29/h2-11,21,29H,1H3,(H,27,28). The van der Waals surface area contributed by atoms with Crippen LogP contribution in [0.5, 0.6) is 5.75 Å². The van der Waals surface area contributed by atoms with E-state index < -0.39 is 11.9 Å². The van der Waals surface area contributed by atoms with Gasteiger partial charge in [-0.3, -0.25) is 4.98 Å². The van der Waals surface area contributed by atoms with Crippen LogP contribution in [0.3, 0.4) is 0 Å². The molecule has 29 heavy (non-hydrogen) atoms. The molecule has 2 aromatic heterocycles. The number of aromatic hydroxyl groups is 1. The fourth-order valence-corrected chi connectivity index (χ4v) is 3.48. The van der Waals surface area contributed by atoms with Crippen molar-refractivity contribution < 1.29 is 9.50 Å².